The molecule has 1 amide bonds. The van der Waals surface area contributed by atoms with Crippen molar-refractivity contribution in [3.8, 4) is 17.2 Å². The van der Waals surface area contributed by atoms with Gasteiger partial charge < -0.3 is 25.2 Å². The first kappa shape index (κ1) is 26.0. The molecule has 2 heterocycles. The summed E-state index contributed by atoms with van der Waals surface area (Å²) in [6, 6.07) is 28.4. The number of carbonyl (C=O) groups is 1. The second kappa shape index (κ2) is 11.1. The molecule has 41 heavy (non-hydrogen) atoms. The molecule has 1 aromatic heterocycles. The Kier molecular flexibility index (Phi) is 7.04. The topological polar surface area (TPSA) is 99.9 Å². The van der Waals surface area contributed by atoms with Crippen molar-refractivity contribution in [2.45, 2.75) is 26.1 Å². The Balaban J connectivity index is 1.37. The van der Waals surface area contributed by atoms with Crippen molar-refractivity contribution < 1.29 is 19.7 Å². The second-order valence-corrected chi connectivity index (χ2v) is 10.1. The van der Waals surface area contributed by atoms with Gasteiger partial charge in [0.1, 0.15) is 28.6 Å². The van der Waals surface area contributed by atoms with Crippen LogP contribution in [0.2, 0.25) is 0 Å². The van der Waals surface area contributed by atoms with Crippen molar-refractivity contribution in [1.29, 1.82) is 0 Å². The Morgan fingerprint density at radius 1 is 0.902 bits per heavy atom. The molecule has 1 aliphatic heterocycles. The molecule has 6 rings (SSSR count). The quantitative estimate of drug-likeness (QED) is 0.226. The molecule has 3 N–H and O–H groups in total. The first-order valence-corrected chi connectivity index (χ1v) is 13.4. The zero-order valence-electron chi connectivity index (χ0n) is 22.6. The number of methoxy groups -OCH3 is 1. The van der Waals surface area contributed by atoms with Crippen LogP contribution in [-0.2, 0) is 26.1 Å². The standard InChI is InChI=1S/C33H30N4O4/c1-41-28-13-11-23(12-14-28)19-37-32(26(18-34-37)15-22-7-3-2-4-8-22)35-29-16-27(38)17-30(39)31(29)33(40)36-20-24-9-5-6-10-25(24)21-36/h2-14,16-18,35,38-39H,15,19-21H2,1H3. The SMILES string of the molecule is COc1ccc(Cn2ncc(Cc3ccccc3)c2Nc2cc(O)cc(O)c2C(=O)N2Cc3ccccc3C2)cc1. The molecule has 206 valence electrons. The van der Waals surface area contributed by atoms with Crippen LogP contribution in [0.3, 0.4) is 0 Å². The summed E-state index contributed by atoms with van der Waals surface area (Å²) in [5.74, 6) is 0.650. The van der Waals surface area contributed by atoms with Crippen LogP contribution in [0.4, 0.5) is 11.5 Å². The summed E-state index contributed by atoms with van der Waals surface area (Å²) >= 11 is 0. The van der Waals surface area contributed by atoms with E-state index in [0.29, 0.717) is 37.6 Å². The number of ether oxygens (including phenoxy) is 1. The number of phenolic OH excluding ortho intramolecular Hbond substituents is 2. The minimum absolute atomic E-state index is 0.0958. The van der Waals surface area contributed by atoms with E-state index >= 15 is 0 Å². The van der Waals surface area contributed by atoms with Gasteiger partial charge >= 0.3 is 0 Å². The molecule has 0 saturated heterocycles. The molecule has 0 unspecified atom stereocenters. The molecular formula is C33H30N4O4. The molecule has 1 aliphatic rings. The van der Waals surface area contributed by atoms with Crippen LogP contribution in [-0.4, -0.2) is 37.9 Å². The van der Waals surface area contributed by atoms with E-state index in [4.69, 9.17) is 4.74 Å². The number of phenols is 2. The van der Waals surface area contributed by atoms with Crippen molar-refractivity contribution >= 4 is 17.4 Å². The minimum atomic E-state index is -0.327. The van der Waals surface area contributed by atoms with E-state index in [1.54, 1.807) is 18.2 Å². The summed E-state index contributed by atoms with van der Waals surface area (Å²) in [4.78, 5) is 15.5. The molecule has 0 aliphatic carbocycles. The Hall–Kier alpha value is -5.24. The van der Waals surface area contributed by atoms with E-state index in [-0.39, 0.29) is 23.0 Å². The van der Waals surface area contributed by atoms with E-state index in [1.807, 2.05) is 83.5 Å². The number of aromatic hydroxyl groups is 2. The molecule has 0 saturated carbocycles. The molecule has 8 heteroatoms. The first-order valence-electron chi connectivity index (χ1n) is 13.4. The third-order valence-corrected chi connectivity index (χ3v) is 7.34. The van der Waals surface area contributed by atoms with Gasteiger partial charge in [-0.1, -0.05) is 66.7 Å². The Labute approximate surface area is 238 Å². The smallest absolute Gasteiger partial charge is 0.260 e. The van der Waals surface area contributed by atoms with Crippen LogP contribution in [0, 0.1) is 0 Å². The summed E-state index contributed by atoms with van der Waals surface area (Å²) in [6.07, 6.45) is 2.40. The fourth-order valence-electron chi connectivity index (χ4n) is 5.24. The lowest BCUT2D eigenvalue weighted by atomic mass is 10.1. The summed E-state index contributed by atoms with van der Waals surface area (Å²) in [5.41, 5.74) is 5.57. The van der Waals surface area contributed by atoms with Crippen molar-refractivity contribution in [1.82, 2.24) is 14.7 Å². The zero-order valence-corrected chi connectivity index (χ0v) is 22.6. The minimum Gasteiger partial charge on any atom is -0.508 e. The highest BCUT2D eigenvalue weighted by atomic mass is 16.5. The number of hydrogen-bond acceptors (Lipinski definition) is 6. The Morgan fingerprint density at radius 3 is 2.27 bits per heavy atom. The lowest BCUT2D eigenvalue weighted by Gasteiger charge is -2.21. The molecule has 8 nitrogen and oxygen atoms in total. The third kappa shape index (κ3) is 5.45. The van der Waals surface area contributed by atoms with Crippen molar-refractivity contribution in [2.24, 2.45) is 0 Å². The lowest BCUT2D eigenvalue weighted by molar-refractivity contribution is 0.0749. The Morgan fingerprint density at radius 2 is 1.59 bits per heavy atom. The number of amides is 1. The number of rotatable bonds is 8. The summed E-state index contributed by atoms with van der Waals surface area (Å²) in [5, 5.41) is 29.4. The van der Waals surface area contributed by atoms with Crippen LogP contribution in [0.1, 0.15) is 38.2 Å². The predicted octanol–water partition coefficient (Wildman–Crippen LogP) is 5.84. The van der Waals surface area contributed by atoms with Gasteiger partial charge in [0.2, 0.25) is 0 Å². The summed E-state index contributed by atoms with van der Waals surface area (Å²) < 4.78 is 7.12. The fourth-order valence-corrected chi connectivity index (χ4v) is 5.24. The van der Waals surface area contributed by atoms with E-state index < -0.39 is 0 Å². The number of carbonyl (C=O) groups excluding carboxylic acids is 1. The van der Waals surface area contributed by atoms with Gasteiger partial charge in [-0.2, -0.15) is 5.10 Å². The predicted molar refractivity (Wildman–Crippen MR) is 157 cm³/mol. The van der Waals surface area contributed by atoms with Crippen molar-refractivity contribution in [3.63, 3.8) is 0 Å². The molecule has 0 spiro atoms. The molecule has 0 bridgehead atoms. The number of anilines is 2. The summed E-state index contributed by atoms with van der Waals surface area (Å²) in [6.45, 7) is 1.35. The van der Waals surface area contributed by atoms with Crippen molar-refractivity contribution in [3.05, 3.63) is 131 Å². The average Bonchev–Trinajstić information content (AvgIpc) is 3.58. The maximum absolute atomic E-state index is 13.8. The van der Waals surface area contributed by atoms with E-state index in [2.05, 4.69) is 10.4 Å². The maximum atomic E-state index is 13.8. The molecule has 5 aromatic rings. The monoisotopic (exact) mass is 546 g/mol. The first-order chi connectivity index (χ1) is 20.0. The maximum Gasteiger partial charge on any atom is 0.260 e. The molecule has 0 fully saturated rings. The Bertz CT molecular complexity index is 1670. The highest BCUT2D eigenvalue weighted by molar-refractivity contribution is 6.03. The number of nitrogens with one attached hydrogen (secondary N) is 1. The van der Waals surface area contributed by atoms with Crippen LogP contribution in [0.25, 0.3) is 0 Å². The number of hydrogen-bond donors (Lipinski definition) is 3. The van der Waals surface area contributed by atoms with E-state index in [9.17, 15) is 15.0 Å². The van der Waals surface area contributed by atoms with E-state index in [1.165, 1.54) is 12.1 Å². The van der Waals surface area contributed by atoms with Crippen LogP contribution in [0.5, 0.6) is 17.2 Å². The van der Waals surface area contributed by atoms with Gasteiger partial charge in [0.05, 0.1) is 25.5 Å². The largest absolute Gasteiger partial charge is 0.508 e. The van der Waals surface area contributed by atoms with Gasteiger partial charge in [0.25, 0.3) is 5.91 Å². The lowest BCUT2D eigenvalue weighted by Crippen LogP contribution is -2.26. The molecule has 0 radical (unpaired) electrons. The normalized spacial score (nSPS) is 12.3. The van der Waals surface area contributed by atoms with Gasteiger partial charge in [0, 0.05) is 37.2 Å². The molecule has 4 aromatic carbocycles. The number of fused-ring (bicyclic) bond motifs is 1. The van der Waals surface area contributed by atoms with E-state index in [0.717, 1.165) is 33.6 Å². The van der Waals surface area contributed by atoms with Crippen LogP contribution in [0.15, 0.2) is 97.2 Å². The highest BCUT2D eigenvalue weighted by Crippen LogP contribution is 2.37. The fraction of sp³-hybridized carbons (Fsp3) is 0.152. The average molecular weight is 547 g/mol. The third-order valence-electron chi connectivity index (χ3n) is 7.34. The van der Waals surface area contributed by atoms with Gasteiger partial charge in [0.15, 0.2) is 0 Å². The van der Waals surface area contributed by atoms with Crippen LogP contribution >= 0.6 is 0 Å². The molecule has 0 atom stereocenters. The van der Waals surface area contributed by atoms with Crippen LogP contribution < -0.4 is 10.1 Å². The molecular weight excluding hydrogens is 516 g/mol. The number of aromatic nitrogens is 2. The van der Waals surface area contributed by atoms with Gasteiger partial charge in [-0.05, 0) is 34.4 Å². The highest BCUT2D eigenvalue weighted by Gasteiger charge is 2.29. The van der Waals surface area contributed by atoms with Gasteiger partial charge in [-0.15, -0.1) is 0 Å². The zero-order chi connectivity index (χ0) is 28.3. The van der Waals surface area contributed by atoms with Crippen molar-refractivity contribution in [2.75, 3.05) is 12.4 Å². The second-order valence-electron chi connectivity index (χ2n) is 10.1. The number of benzene rings is 4. The number of nitrogens with zero attached hydrogens (tertiary/aromatic N) is 3. The van der Waals surface area contributed by atoms with Gasteiger partial charge in [-0.3, -0.25) is 4.79 Å². The summed E-state index contributed by atoms with van der Waals surface area (Å²) in [7, 11) is 1.63. The van der Waals surface area contributed by atoms with Gasteiger partial charge in [-0.25, -0.2) is 4.68 Å².